The quantitative estimate of drug-likeness (QED) is 0.386. The lowest BCUT2D eigenvalue weighted by Gasteiger charge is -2.12. The third-order valence-electron chi connectivity index (χ3n) is 4.30. The fourth-order valence-electron chi connectivity index (χ4n) is 2.72. The number of carbonyl (C=O) groups excluding carboxylic acids is 1. The Hall–Kier alpha value is -3.63. The number of rotatable bonds is 7. The maximum Gasteiger partial charge on any atom is 0.313 e. The third-order valence-corrected chi connectivity index (χ3v) is 5.67. The molecule has 166 valence electrons. The zero-order chi connectivity index (χ0) is 23.5. The molecule has 32 heavy (non-hydrogen) atoms. The van der Waals surface area contributed by atoms with Gasteiger partial charge in [-0.05, 0) is 54.6 Å². The number of amides is 1. The lowest BCUT2D eigenvalue weighted by molar-refractivity contribution is -0.385. The molecule has 0 aliphatic rings. The summed E-state index contributed by atoms with van der Waals surface area (Å²) in [4.78, 5) is 23.4. The normalized spacial score (nSPS) is 11.0. The summed E-state index contributed by atoms with van der Waals surface area (Å²) in [6.07, 6.45) is 1.09. The van der Waals surface area contributed by atoms with Gasteiger partial charge in [0.15, 0.2) is 21.3 Å². The van der Waals surface area contributed by atoms with Crippen molar-refractivity contribution in [3.63, 3.8) is 0 Å². The van der Waals surface area contributed by atoms with E-state index in [1.807, 2.05) is 0 Å². The van der Waals surface area contributed by atoms with E-state index in [9.17, 15) is 23.3 Å². The first-order valence-corrected chi connectivity index (χ1v) is 11.3. The van der Waals surface area contributed by atoms with E-state index in [0.29, 0.717) is 5.69 Å². The first kappa shape index (κ1) is 23.0. The molecule has 0 aromatic heterocycles. The highest BCUT2D eigenvalue weighted by Gasteiger charge is 2.19. The number of sulfone groups is 1. The largest absolute Gasteiger partial charge is 0.493 e. The van der Waals surface area contributed by atoms with Gasteiger partial charge in [0.2, 0.25) is 5.75 Å². The van der Waals surface area contributed by atoms with Crippen LogP contribution >= 0.6 is 11.6 Å². The Bertz CT molecular complexity index is 1290. The summed E-state index contributed by atoms with van der Waals surface area (Å²) in [5.74, 6) is -0.179. The van der Waals surface area contributed by atoms with E-state index in [-0.39, 0.29) is 38.4 Å². The fourth-order valence-corrected chi connectivity index (χ4v) is 3.52. The molecule has 0 spiro atoms. The van der Waals surface area contributed by atoms with Gasteiger partial charge >= 0.3 is 5.69 Å². The summed E-state index contributed by atoms with van der Waals surface area (Å²) in [6, 6.07) is 14.0. The van der Waals surface area contributed by atoms with E-state index in [1.165, 1.54) is 67.8 Å². The van der Waals surface area contributed by atoms with Crippen LogP contribution in [0.5, 0.6) is 17.2 Å². The number of halogens is 1. The van der Waals surface area contributed by atoms with Crippen LogP contribution in [0.4, 0.5) is 11.4 Å². The Morgan fingerprint density at radius 3 is 2.25 bits per heavy atom. The Morgan fingerprint density at radius 2 is 1.66 bits per heavy atom. The van der Waals surface area contributed by atoms with Crippen LogP contribution < -0.4 is 14.8 Å². The monoisotopic (exact) mass is 476 g/mol. The highest BCUT2D eigenvalue weighted by molar-refractivity contribution is 7.90. The number of carbonyl (C=O) groups is 1. The molecule has 0 saturated heterocycles. The SMILES string of the molecule is COc1cc(C(=O)Nc2ccc(S(C)(=O)=O)cc2)ccc1Oc1ccc(Cl)cc1[N+](=O)[O-]. The maximum atomic E-state index is 12.6. The van der Waals surface area contributed by atoms with Gasteiger partial charge in [0.1, 0.15) is 0 Å². The van der Waals surface area contributed by atoms with Crippen LogP contribution in [0, 0.1) is 10.1 Å². The summed E-state index contributed by atoms with van der Waals surface area (Å²) in [5, 5.41) is 14.1. The number of hydrogen-bond acceptors (Lipinski definition) is 7. The molecule has 0 aliphatic carbocycles. The zero-order valence-corrected chi connectivity index (χ0v) is 18.4. The molecule has 11 heteroatoms. The number of methoxy groups -OCH3 is 1. The third kappa shape index (κ3) is 5.34. The second kappa shape index (κ2) is 9.25. The fraction of sp³-hybridized carbons (Fsp3) is 0.0952. The van der Waals surface area contributed by atoms with Gasteiger partial charge in [-0.3, -0.25) is 14.9 Å². The lowest BCUT2D eigenvalue weighted by atomic mass is 10.1. The van der Waals surface area contributed by atoms with Crippen molar-refractivity contribution in [3.8, 4) is 17.2 Å². The minimum atomic E-state index is -3.34. The minimum Gasteiger partial charge on any atom is -0.493 e. The topological polar surface area (TPSA) is 125 Å². The molecule has 0 fully saturated rings. The molecule has 3 aromatic rings. The van der Waals surface area contributed by atoms with Crippen LogP contribution in [-0.4, -0.2) is 32.6 Å². The first-order chi connectivity index (χ1) is 15.1. The summed E-state index contributed by atoms with van der Waals surface area (Å²) < 4.78 is 34.0. The maximum absolute atomic E-state index is 12.6. The summed E-state index contributed by atoms with van der Waals surface area (Å²) in [6.45, 7) is 0. The average molecular weight is 477 g/mol. The number of nitrogens with one attached hydrogen (secondary N) is 1. The predicted octanol–water partition coefficient (Wildman–Crippen LogP) is 4.70. The molecule has 0 bridgehead atoms. The van der Waals surface area contributed by atoms with Gasteiger partial charge < -0.3 is 14.8 Å². The molecular weight excluding hydrogens is 460 g/mol. The minimum absolute atomic E-state index is 0.0409. The molecule has 0 saturated carbocycles. The Morgan fingerprint density at radius 1 is 1.00 bits per heavy atom. The molecule has 1 amide bonds. The van der Waals surface area contributed by atoms with Gasteiger partial charge in [0.25, 0.3) is 5.91 Å². The number of anilines is 1. The van der Waals surface area contributed by atoms with Crippen LogP contribution in [0.15, 0.2) is 65.6 Å². The molecule has 1 N–H and O–H groups in total. The molecular formula is C21H17ClN2O7S. The summed E-state index contributed by atoms with van der Waals surface area (Å²) in [7, 11) is -1.98. The van der Waals surface area contributed by atoms with E-state index < -0.39 is 20.7 Å². The van der Waals surface area contributed by atoms with Crippen molar-refractivity contribution in [3.05, 3.63) is 81.4 Å². The Labute approximate surface area is 188 Å². The van der Waals surface area contributed by atoms with Gasteiger partial charge in [0.05, 0.1) is 16.9 Å². The van der Waals surface area contributed by atoms with Gasteiger partial charge in [-0.1, -0.05) is 11.6 Å². The van der Waals surface area contributed by atoms with E-state index in [0.717, 1.165) is 6.26 Å². The van der Waals surface area contributed by atoms with Crippen molar-refractivity contribution < 1.29 is 27.6 Å². The van der Waals surface area contributed by atoms with Crippen LogP contribution in [0.3, 0.4) is 0 Å². The Balaban J connectivity index is 1.82. The molecule has 0 atom stereocenters. The van der Waals surface area contributed by atoms with Crippen LogP contribution in [0.1, 0.15) is 10.4 Å². The van der Waals surface area contributed by atoms with Crippen LogP contribution in [0.25, 0.3) is 0 Å². The van der Waals surface area contributed by atoms with E-state index >= 15 is 0 Å². The van der Waals surface area contributed by atoms with Crippen molar-refractivity contribution in [1.82, 2.24) is 0 Å². The van der Waals surface area contributed by atoms with Crippen molar-refractivity contribution in [1.29, 1.82) is 0 Å². The van der Waals surface area contributed by atoms with Crippen molar-refractivity contribution in [2.24, 2.45) is 0 Å². The number of ether oxygens (including phenoxy) is 2. The number of nitro groups is 1. The number of benzene rings is 3. The Kier molecular flexibility index (Phi) is 6.66. The number of nitrogens with zero attached hydrogens (tertiary/aromatic N) is 1. The van der Waals surface area contributed by atoms with Gasteiger partial charge in [0, 0.05) is 28.6 Å². The average Bonchev–Trinajstić information content (AvgIpc) is 2.74. The highest BCUT2D eigenvalue weighted by Crippen LogP contribution is 2.38. The van der Waals surface area contributed by atoms with Gasteiger partial charge in [-0.25, -0.2) is 8.42 Å². The molecule has 0 unspecified atom stereocenters. The van der Waals surface area contributed by atoms with Crippen molar-refractivity contribution >= 4 is 38.7 Å². The van der Waals surface area contributed by atoms with Crippen molar-refractivity contribution in [2.75, 3.05) is 18.7 Å². The second-order valence-corrected chi connectivity index (χ2v) is 9.04. The molecule has 0 aliphatic heterocycles. The van der Waals surface area contributed by atoms with E-state index in [1.54, 1.807) is 0 Å². The standard InChI is InChI=1S/C21H17ClN2O7S/c1-30-20-11-13(21(25)23-15-5-7-16(8-6-15)32(2,28)29)3-9-19(20)31-18-10-4-14(22)12-17(18)24(26)27/h3-12H,1-2H3,(H,23,25). The van der Waals surface area contributed by atoms with E-state index in [4.69, 9.17) is 21.1 Å². The molecule has 0 heterocycles. The number of hydrogen-bond donors (Lipinski definition) is 1. The molecule has 9 nitrogen and oxygen atoms in total. The number of nitro benzene ring substituents is 1. The zero-order valence-electron chi connectivity index (χ0n) is 16.9. The van der Waals surface area contributed by atoms with Crippen LogP contribution in [-0.2, 0) is 9.84 Å². The molecule has 3 aromatic carbocycles. The van der Waals surface area contributed by atoms with Crippen molar-refractivity contribution in [2.45, 2.75) is 4.90 Å². The predicted molar refractivity (Wildman–Crippen MR) is 119 cm³/mol. The molecule has 0 radical (unpaired) electrons. The summed E-state index contributed by atoms with van der Waals surface area (Å²) >= 11 is 5.82. The first-order valence-electron chi connectivity index (χ1n) is 9.00. The summed E-state index contributed by atoms with van der Waals surface area (Å²) in [5.41, 5.74) is 0.310. The highest BCUT2D eigenvalue weighted by atomic mass is 35.5. The van der Waals surface area contributed by atoms with Gasteiger partial charge in [-0.2, -0.15) is 0 Å². The van der Waals surface area contributed by atoms with Gasteiger partial charge in [-0.15, -0.1) is 0 Å². The van der Waals surface area contributed by atoms with E-state index in [2.05, 4.69) is 5.32 Å². The molecule has 3 rings (SSSR count). The second-order valence-electron chi connectivity index (χ2n) is 6.59. The smallest absolute Gasteiger partial charge is 0.313 e. The van der Waals surface area contributed by atoms with Crippen LogP contribution in [0.2, 0.25) is 5.02 Å². The lowest BCUT2D eigenvalue weighted by Crippen LogP contribution is -2.12.